The molecule has 2 radical (unpaired) electrons. The quantitative estimate of drug-likeness (QED) is 0.491. The van der Waals surface area contributed by atoms with Crippen molar-refractivity contribution in [1.29, 1.82) is 0 Å². The minimum atomic E-state index is 0. The Morgan fingerprint density at radius 1 is 1.25 bits per heavy atom. The molecular formula is FeO2Sb+. The molecule has 0 fully saturated rings. The second kappa shape index (κ2) is 32.6. The third kappa shape index (κ3) is 11.3. The molecule has 0 unspecified atom stereocenters. The van der Waals surface area contributed by atoms with Crippen LogP contribution in [-0.4, -0.2) is 23.0 Å². The second-order valence-electron chi connectivity index (χ2n) is 0. The third-order valence-electron chi connectivity index (χ3n) is 0. The van der Waals surface area contributed by atoms with Crippen LogP contribution in [0, 0.1) is 0 Å². The summed E-state index contributed by atoms with van der Waals surface area (Å²) in [6.45, 7) is 0. The fourth-order valence-electron chi connectivity index (χ4n) is 0. The van der Waals surface area contributed by atoms with Gasteiger partial charge in [-0.2, -0.15) is 0 Å². The van der Waals surface area contributed by atoms with Crippen molar-refractivity contribution in [3.63, 3.8) is 0 Å². The van der Waals surface area contributed by atoms with E-state index >= 15 is 0 Å². The maximum atomic E-state index is 8.30. The summed E-state index contributed by atoms with van der Waals surface area (Å²) in [5.41, 5.74) is 0. The Morgan fingerprint density at radius 3 is 1.25 bits per heavy atom. The molecule has 0 saturated carbocycles. The first-order valence-electron chi connectivity index (χ1n) is 0.183. The molecule has 0 spiro atoms. The van der Waals surface area contributed by atoms with Gasteiger partial charge in [-0.1, -0.05) is 0 Å². The Hall–Kier alpha value is 1.10. The van der Waals surface area contributed by atoms with Gasteiger partial charge >= 0.3 is 43.1 Å². The van der Waals surface area contributed by atoms with Gasteiger partial charge in [-0.25, -0.2) is 0 Å². The minimum absolute atomic E-state index is 0. The summed E-state index contributed by atoms with van der Waals surface area (Å²) < 4.78 is 8.30. The fourth-order valence-corrected chi connectivity index (χ4v) is 0. The average molecular weight is 210 g/mol. The average Bonchev–Trinajstić information content (AvgIpc) is 1.00. The van der Waals surface area contributed by atoms with Crippen LogP contribution in [0.1, 0.15) is 0 Å². The van der Waals surface area contributed by atoms with Gasteiger partial charge in [-0.05, 0) is 0 Å². The predicted octanol–water partition coefficient (Wildman–Crippen LogP) is -0.621. The third-order valence-corrected chi connectivity index (χ3v) is 0. The van der Waals surface area contributed by atoms with Crippen molar-refractivity contribution < 1.29 is 25.6 Å². The van der Waals surface area contributed by atoms with E-state index < -0.39 is 0 Å². The van der Waals surface area contributed by atoms with Crippen molar-refractivity contribution >= 4 is 23.0 Å². The van der Waals surface area contributed by atoms with Crippen molar-refractivity contribution in [1.82, 2.24) is 0 Å². The van der Waals surface area contributed by atoms with Crippen LogP contribution >= 0.6 is 0 Å². The Morgan fingerprint density at radius 2 is 1.25 bits per heavy atom. The van der Waals surface area contributed by atoms with Gasteiger partial charge in [0.1, 0.15) is 0 Å². The van der Waals surface area contributed by atoms with Gasteiger partial charge in [-0.3, -0.25) is 0 Å². The van der Waals surface area contributed by atoms with E-state index in [9.17, 15) is 0 Å². The zero-order chi connectivity index (χ0) is 2.00. The standard InChI is InChI=1S/Fe.2O.Sb/q+2;;-2;+1. The Bertz CT molecular complexity index is 6.00. The van der Waals surface area contributed by atoms with Gasteiger partial charge in [0, 0.05) is 0 Å². The summed E-state index contributed by atoms with van der Waals surface area (Å²) in [5.74, 6) is 0. The molecule has 0 aliphatic carbocycles. The number of hydrogen-bond acceptors (Lipinski definition) is 1. The van der Waals surface area contributed by atoms with Crippen LogP contribution in [0.2, 0.25) is 0 Å². The van der Waals surface area contributed by atoms with Crippen molar-refractivity contribution in [3.8, 4) is 0 Å². The van der Waals surface area contributed by atoms with Gasteiger partial charge in [-0.15, -0.1) is 0 Å². The van der Waals surface area contributed by atoms with Crippen molar-refractivity contribution in [2.24, 2.45) is 0 Å². The van der Waals surface area contributed by atoms with Gasteiger partial charge in [0.2, 0.25) is 0 Å². The predicted molar refractivity (Wildman–Crippen MR) is 7.13 cm³/mol. The van der Waals surface area contributed by atoms with Crippen LogP contribution in [0.3, 0.4) is 0 Å². The van der Waals surface area contributed by atoms with Crippen molar-refractivity contribution in [2.75, 3.05) is 0 Å². The summed E-state index contributed by atoms with van der Waals surface area (Å²) in [5, 5.41) is 0. The Balaban J connectivity index is -0.00000000500. The molecule has 0 bridgehead atoms. The molecule has 4 heavy (non-hydrogen) atoms. The first-order chi connectivity index (χ1) is 1.00. The van der Waals surface area contributed by atoms with E-state index in [1.54, 1.807) is 0 Å². The van der Waals surface area contributed by atoms with Crippen LogP contribution in [-0.2, 0) is 25.6 Å². The summed E-state index contributed by atoms with van der Waals surface area (Å²) in [6, 6.07) is 0. The number of hydrogen-bond donors (Lipinski definition) is 0. The van der Waals surface area contributed by atoms with E-state index in [1.165, 1.54) is 0 Å². The molecule has 0 atom stereocenters. The van der Waals surface area contributed by atoms with Crippen molar-refractivity contribution in [2.45, 2.75) is 0 Å². The molecule has 0 aliphatic rings. The van der Waals surface area contributed by atoms with E-state index in [4.69, 9.17) is 3.02 Å². The summed E-state index contributed by atoms with van der Waals surface area (Å²) in [4.78, 5) is 0. The van der Waals surface area contributed by atoms with E-state index in [0.29, 0.717) is 23.0 Å². The van der Waals surface area contributed by atoms with Crippen molar-refractivity contribution in [3.05, 3.63) is 0 Å². The summed E-state index contributed by atoms with van der Waals surface area (Å²) in [6.07, 6.45) is 0. The molecular weight excluding hydrogens is 210 g/mol. The van der Waals surface area contributed by atoms with Gasteiger partial charge in [0.25, 0.3) is 0 Å². The zero-order valence-electron chi connectivity index (χ0n) is 1.62. The van der Waals surface area contributed by atoms with Gasteiger partial charge < -0.3 is 5.48 Å². The van der Waals surface area contributed by atoms with Gasteiger partial charge in [0.05, 0.1) is 0 Å². The Labute approximate surface area is 48.6 Å². The summed E-state index contributed by atoms with van der Waals surface area (Å²) in [7, 11) is 0. The second-order valence-corrected chi connectivity index (χ2v) is 0. The molecule has 0 N–H and O–H groups in total. The topological polar surface area (TPSA) is 45.6 Å². The van der Waals surface area contributed by atoms with Crippen LogP contribution < -0.4 is 0 Å². The van der Waals surface area contributed by atoms with Gasteiger partial charge in [0.15, 0.2) is 0 Å². The van der Waals surface area contributed by atoms with Crippen LogP contribution in [0.5, 0.6) is 0 Å². The van der Waals surface area contributed by atoms with Crippen LogP contribution in [0.25, 0.3) is 0 Å². The fraction of sp³-hybridized carbons (Fsp3) is 0. The molecule has 4 heteroatoms. The monoisotopic (exact) mass is 209 g/mol. The zero-order valence-corrected chi connectivity index (χ0v) is 5.27. The molecule has 0 rings (SSSR count). The first-order valence-corrected chi connectivity index (χ1v) is 1.22. The van der Waals surface area contributed by atoms with E-state index in [-0.39, 0.29) is 22.5 Å². The number of rotatable bonds is 0. The summed E-state index contributed by atoms with van der Waals surface area (Å²) >= 11 is 0.500. The normalized spacial score (nSPS) is 1.00. The molecule has 0 heterocycles. The Kier molecular flexibility index (Phi) is 159. The molecule has 2 nitrogen and oxygen atoms in total. The van der Waals surface area contributed by atoms with Crippen LogP contribution in [0.15, 0.2) is 0 Å². The van der Waals surface area contributed by atoms with E-state index in [2.05, 4.69) is 0 Å². The first kappa shape index (κ1) is 19.5. The molecule has 0 aromatic heterocycles. The SMILES string of the molecule is [Fe+2].[O-2].[O]=[Sb+]. The molecule has 24 valence electrons. The maximum absolute atomic E-state index is 8.30. The van der Waals surface area contributed by atoms with E-state index in [0.717, 1.165) is 0 Å². The molecule has 0 saturated heterocycles. The molecule has 0 aromatic carbocycles. The van der Waals surface area contributed by atoms with Crippen LogP contribution in [0.4, 0.5) is 0 Å². The molecule has 0 amide bonds. The van der Waals surface area contributed by atoms with E-state index in [1.807, 2.05) is 0 Å². The molecule has 0 aliphatic heterocycles. The molecule has 0 aromatic rings.